The molecule has 0 amide bonds. The average Bonchev–Trinajstić information content (AvgIpc) is 2.34. The zero-order valence-corrected chi connectivity index (χ0v) is 12.3. The lowest BCUT2D eigenvalue weighted by molar-refractivity contribution is 0.595. The lowest BCUT2D eigenvalue weighted by Crippen LogP contribution is -2.29. The van der Waals surface area contributed by atoms with Gasteiger partial charge in [-0.2, -0.15) is 0 Å². The van der Waals surface area contributed by atoms with Crippen molar-refractivity contribution in [2.45, 2.75) is 6.54 Å². The first-order valence-electron chi connectivity index (χ1n) is 5.84. The number of anilines is 1. The topological polar surface area (TPSA) is 37.4 Å². The van der Waals surface area contributed by atoms with E-state index in [9.17, 15) is 12.8 Å². The van der Waals surface area contributed by atoms with Crippen LogP contribution in [0.25, 0.3) is 0 Å². The second kappa shape index (κ2) is 5.81. The summed E-state index contributed by atoms with van der Waals surface area (Å²) in [6, 6.07) is 12.4. The minimum atomic E-state index is -3.52. The Hall–Kier alpha value is -1.59. The maximum atomic E-state index is 13.3. The van der Waals surface area contributed by atoms with Gasteiger partial charge in [0.05, 0.1) is 18.5 Å². The molecule has 0 saturated heterocycles. The molecule has 0 aromatic heterocycles. The first-order chi connectivity index (χ1) is 9.36. The zero-order chi connectivity index (χ0) is 14.8. The van der Waals surface area contributed by atoms with Gasteiger partial charge < -0.3 is 0 Å². The van der Waals surface area contributed by atoms with Crippen molar-refractivity contribution in [3.05, 3.63) is 64.9 Å². The van der Waals surface area contributed by atoms with Crippen LogP contribution in [0.2, 0.25) is 5.02 Å². The van der Waals surface area contributed by atoms with Crippen molar-refractivity contribution in [2.75, 3.05) is 10.6 Å². The normalized spacial score (nSPS) is 11.3. The van der Waals surface area contributed by atoms with Gasteiger partial charge in [0.25, 0.3) is 0 Å². The van der Waals surface area contributed by atoms with Gasteiger partial charge in [-0.1, -0.05) is 29.8 Å². The largest absolute Gasteiger partial charge is 0.266 e. The third-order valence-corrected chi connectivity index (χ3v) is 4.09. The average molecular weight is 314 g/mol. The number of hydrogen-bond donors (Lipinski definition) is 0. The molecular weight excluding hydrogens is 301 g/mol. The van der Waals surface area contributed by atoms with Crippen LogP contribution in [-0.2, 0) is 16.6 Å². The van der Waals surface area contributed by atoms with Crippen molar-refractivity contribution in [3.8, 4) is 0 Å². The Morgan fingerprint density at radius 1 is 1.15 bits per heavy atom. The van der Waals surface area contributed by atoms with Gasteiger partial charge in [-0.25, -0.2) is 12.8 Å². The molecule has 0 aliphatic heterocycles. The molecule has 0 unspecified atom stereocenters. The van der Waals surface area contributed by atoms with Gasteiger partial charge in [-0.3, -0.25) is 4.31 Å². The lowest BCUT2D eigenvalue weighted by atomic mass is 10.2. The maximum Gasteiger partial charge on any atom is 0.232 e. The Balaban J connectivity index is 2.40. The molecule has 0 aliphatic carbocycles. The first kappa shape index (κ1) is 14.8. The van der Waals surface area contributed by atoms with Crippen molar-refractivity contribution in [1.82, 2.24) is 0 Å². The Kier molecular flexibility index (Phi) is 4.30. The molecule has 0 saturated carbocycles. The molecule has 6 heteroatoms. The van der Waals surface area contributed by atoms with E-state index in [1.54, 1.807) is 30.3 Å². The highest BCUT2D eigenvalue weighted by molar-refractivity contribution is 7.92. The van der Waals surface area contributed by atoms with E-state index < -0.39 is 15.8 Å². The molecule has 0 heterocycles. The molecule has 20 heavy (non-hydrogen) atoms. The van der Waals surface area contributed by atoms with Crippen molar-refractivity contribution in [3.63, 3.8) is 0 Å². The van der Waals surface area contributed by atoms with Gasteiger partial charge >= 0.3 is 0 Å². The zero-order valence-electron chi connectivity index (χ0n) is 10.8. The molecule has 2 aromatic carbocycles. The van der Waals surface area contributed by atoms with Crippen molar-refractivity contribution in [2.24, 2.45) is 0 Å². The predicted molar refractivity (Wildman–Crippen MR) is 78.9 cm³/mol. The highest BCUT2D eigenvalue weighted by atomic mass is 35.5. The van der Waals surface area contributed by atoms with E-state index in [1.165, 1.54) is 18.2 Å². The summed E-state index contributed by atoms with van der Waals surface area (Å²) in [6.07, 6.45) is 1.09. The Bertz CT molecular complexity index is 719. The van der Waals surface area contributed by atoms with Crippen molar-refractivity contribution in [1.29, 1.82) is 0 Å². The smallest absolute Gasteiger partial charge is 0.232 e. The summed E-state index contributed by atoms with van der Waals surface area (Å²) < 4.78 is 38.2. The summed E-state index contributed by atoms with van der Waals surface area (Å²) in [5.41, 5.74) is 1.01. The summed E-state index contributed by atoms with van der Waals surface area (Å²) in [6.45, 7) is 0.100. The molecule has 0 aliphatic rings. The van der Waals surface area contributed by atoms with Crippen LogP contribution in [0.3, 0.4) is 0 Å². The molecule has 0 atom stereocenters. The maximum absolute atomic E-state index is 13.3. The lowest BCUT2D eigenvalue weighted by Gasteiger charge is -2.22. The minimum absolute atomic E-state index is 0.100. The van der Waals surface area contributed by atoms with E-state index in [0.29, 0.717) is 5.02 Å². The van der Waals surface area contributed by atoms with Gasteiger partial charge in [0.15, 0.2) is 0 Å². The molecule has 0 fully saturated rings. The second-order valence-corrected chi connectivity index (χ2v) is 6.72. The van der Waals surface area contributed by atoms with Crippen LogP contribution in [0, 0.1) is 5.82 Å². The molecule has 3 nitrogen and oxygen atoms in total. The molecular formula is C14H13ClFNO2S. The second-order valence-electron chi connectivity index (χ2n) is 4.38. The first-order valence-corrected chi connectivity index (χ1v) is 8.06. The Morgan fingerprint density at radius 2 is 1.85 bits per heavy atom. The molecule has 106 valence electrons. The molecule has 0 N–H and O–H groups in total. The van der Waals surface area contributed by atoms with Crippen molar-refractivity contribution >= 4 is 27.3 Å². The minimum Gasteiger partial charge on any atom is -0.266 e. The van der Waals surface area contributed by atoms with Crippen LogP contribution in [0.15, 0.2) is 48.5 Å². The highest BCUT2D eigenvalue weighted by Gasteiger charge is 2.18. The molecule has 0 radical (unpaired) electrons. The number of hydrogen-bond acceptors (Lipinski definition) is 2. The third kappa shape index (κ3) is 3.71. The predicted octanol–water partition coefficient (Wildman–Crippen LogP) is 3.45. The third-order valence-electron chi connectivity index (χ3n) is 2.71. The number of nitrogens with zero attached hydrogens (tertiary/aromatic N) is 1. The summed E-state index contributed by atoms with van der Waals surface area (Å²) in [5.74, 6) is -0.484. The van der Waals surface area contributed by atoms with E-state index >= 15 is 0 Å². The molecule has 0 bridgehead atoms. The van der Waals surface area contributed by atoms with E-state index in [0.717, 1.165) is 16.1 Å². The number of sulfonamides is 1. The van der Waals surface area contributed by atoms with E-state index in [2.05, 4.69) is 0 Å². The van der Waals surface area contributed by atoms with Crippen LogP contribution in [-0.4, -0.2) is 14.7 Å². The fraction of sp³-hybridized carbons (Fsp3) is 0.143. The van der Waals surface area contributed by atoms with Gasteiger partial charge in [0, 0.05) is 5.02 Å². The molecule has 2 rings (SSSR count). The van der Waals surface area contributed by atoms with Gasteiger partial charge in [0.1, 0.15) is 5.82 Å². The van der Waals surface area contributed by atoms with Gasteiger partial charge in [-0.05, 0) is 35.9 Å². The Morgan fingerprint density at radius 3 is 2.45 bits per heavy atom. The summed E-state index contributed by atoms with van der Waals surface area (Å²) >= 11 is 5.89. The fourth-order valence-corrected chi connectivity index (χ4v) is 2.93. The van der Waals surface area contributed by atoms with Gasteiger partial charge in [-0.15, -0.1) is 0 Å². The van der Waals surface area contributed by atoms with E-state index in [4.69, 9.17) is 11.6 Å². The van der Waals surface area contributed by atoms with Crippen LogP contribution < -0.4 is 4.31 Å². The SMILES string of the molecule is CS(=O)(=O)N(Cc1cccc(Cl)c1)c1cccc(F)c1. The van der Waals surface area contributed by atoms with Crippen LogP contribution >= 0.6 is 11.6 Å². The number of rotatable bonds is 4. The monoisotopic (exact) mass is 313 g/mol. The number of halogens is 2. The summed E-state index contributed by atoms with van der Waals surface area (Å²) in [5, 5.41) is 0.523. The standard InChI is InChI=1S/C14H13ClFNO2S/c1-20(18,19)17(14-7-3-6-13(16)9-14)10-11-4-2-5-12(15)8-11/h2-9H,10H2,1H3. The summed E-state index contributed by atoms with van der Waals surface area (Å²) in [4.78, 5) is 0. The molecule has 0 spiro atoms. The van der Waals surface area contributed by atoms with Crippen LogP contribution in [0.1, 0.15) is 5.56 Å². The fourth-order valence-electron chi connectivity index (χ4n) is 1.83. The number of benzene rings is 2. The van der Waals surface area contributed by atoms with Crippen LogP contribution in [0.5, 0.6) is 0 Å². The van der Waals surface area contributed by atoms with E-state index in [1.807, 2.05) is 0 Å². The van der Waals surface area contributed by atoms with E-state index in [-0.39, 0.29) is 12.2 Å². The summed E-state index contributed by atoms with van der Waals surface area (Å²) in [7, 11) is -3.52. The van der Waals surface area contributed by atoms with Gasteiger partial charge in [0.2, 0.25) is 10.0 Å². The highest BCUT2D eigenvalue weighted by Crippen LogP contribution is 2.22. The quantitative estimate of drug-likeness (QED) is 0.867. The van der Waals surface area contributed by atoms with Crippen LogP contribution in [0.4, 0.5) is 10.1 Å². The Labute approximate surface area is 122 Å². The van der Waals surface area contributed by atoms with Crippen molar-refractivity contribution < 1.29 is 12.8 Å². The molecule has 2 aromatic rings.